The Bertz CT molecular complexity index is 417. The molecule has 100 valence electrons. The highest BCUT2D eigenvalue weighted by atomic mass is 35.5. The molecule has 0 radical (unpaired) electrons. The van der Waals surface area contributed by atoms with Crippen LogP contribution < -0.4 is 10.1 Å². The Morgan fingerprint density at radius 1 is 1.50 bits per heavy atom. The minimum absolute atomic E-state index is 0.363. The van der Waals surface area contributed by atoms with Gasteiger partial charge in [-0.15, -0.1) is 0 Å². The SMILES string of the molecule is COc1cc(Cl)c(C)cc1NC(C)C1CCOC1. The molecule has 0 bridgehead atoms. The lowest BCUT2D eigenvalue weighted by Crippen LogP contribution is -2.26. The van der Waals surface area contributed by atoms with Gasteiger partial charge in [-0.3, -0.25) is 0 Å². The zero-order chi connectivity index (χ0) is 13.1. The number of rotatable bonds is 4. The molecular formula is C14H20ClNO2. The number of anilines is 1. The Morgan fingerprint density at radius 3 is 2.89 bits per heavy atom. The zero-order valence-electron chi connectivity index (χ0n) is 11.1. The fourth-order valence-electron chi connectivity index (χ4n) is 2.26. The summed E-state index contributed by atoms with van der Waals surface area (Å²) >= 11 is 6.10. The first-order chi connectivity index (χ1) is 8.61. The van der Waals surface area contributed by atoms with Crippen molar-refractivity contribution in [2.45, 2.75) is 26.3 Å². The highest BCUT2D eigenvalue weighted by molar-refractivity contribution is 6.31. The second-order valence-electron chi connectivity index (χ2n) is 4.86. The summed E-state index contributed by atoms with van der Waals surface area (Å²) in [5, 5.41) is 4.24. The summed E-state index contributed by atoms with van der Waals surface area (Å²) in [7, 11) is 1.66. The molecule has 1 saturated heterocycles. The van der Waals surface area contributed by atoms with Crippen molar-refractivity contribution >= 4 is 17.3 Å². The summed E-state index contributed by atoms with van der Waals surface area (Å²) in [5.74, 6) is 1.35. The molecule has 18 heavy (non-hydrogen) atoms. The summed E-state index contributed by atoms with van der Waals surface area (Å²) in [5.41, 5.74) is 2.05. The molecule has 2 atom stereocenters. The number of benzene rings is 1. The molecule has 2 rings (SSSR count). The fraction of sp³-hybridized carbons (Fsp3) is 0.571. The Hall–Kier alpha value is -0.930. The standard InChI is InChI=1S/C14H20ClNO2/c1-9-6-13(14(17-3)7-12(9)15)16-10(2)11-4-5-18-8-11/h6-7,10-11,16H,4-5,8H2,1-3H3. The first kappa shape index (κ1) is 13.5. The second kappa shape index (κ2) is 5.81. The lowest BCUT2D eigenvalue weighted by Gasteiger charge is -2.22. The van der Waals surface area contributed by atoms with E-state index in [2.05, 4.69) is 12.2 Å². The summed E-state index contributed by atoms with van der Waals surface area (Å²) in [6.45, 7) is 5.88. The van der Waals surface area contributed by atoms with Gasteiger partial charge in [0.2, 0.25) is 0 Å². The topological polar surface area (TPSA) is 30.5 Å². The fourth-order valence-corrected chi connectivity index (χ4v) is 2.41. The third-order valence-corrected chi connectivity index (χ3v) is 3.94. The first-order valence-electron chi connectivity index (χ1n) is 6.30. The first-order valence-corrected chi connectivity index (χ1v) is 6.68. The third kappa shape index (κ3) is 2.90. The van der Waals surface area contributed by atoms with Crippen molar-refractivity contribution in [3.63, 3.8) is 0 Å². The van der Waals surface area contributed by atoms with Crippen LogP contribution in [0.5, 0.6) is 5.75 Å². The summed E-state index contributed by atoms with van der Waals surface area (Å²) < 4.78 is 10.8. The lowest BCUT2D eigenvalue weighted by molar-refractivity contribution is 0.183. The third-order valence-electron chi connectivity index (χ3n) is 3.54. The summed E-state index contributed by atoms with van der Waals surface area (Å²) in [6.07, 6.45) is 1.11. The van der Waals surface area contributed by atoms with Crippen molar-refractivity contribution in [3.05, 3.63) is 22.7 Å². The van der Waals surface area contributed by atoms with Crippen LogP contribution in [0.2, 0.25) is 5.02 Å². The second-order valence-corrected chi connectivity index (χ2v) is 5.27. The molecule has 0 aliphatic carbocycles. The maximum atomic E-state index is 6.10. The average molecular weight is 270 g/mol. The van der Waals surface area contributed by atoms with E-state index < -0.39 is 0 Å². The molecule has 4 heteroatoms. The van der Waals surface area contributed by atoms with Crippen LogP contribution in [0, 0.1) is 12.8 Å². The average Bonchev–Trinajstić information content (AvgIpc) is 2.87. The van der Waals surface area contributed by atoms with E-state index in [9.17, 15) is 0 Å². The van der Waals surface area contributed by atoms with Gasteiger partial charge >= 0.3 is 0 Å². The Labute approximate surface area is 113 Å². The number of halogens is 1. The van der Waals surface area contributed by atoms with Crippen LogP contribution in [-0.4, -0.2) is 26.4 Å². The maximum absolute atomic E-state index is 6.10. The minimum Gasteiger partial charge on any atom is -0.495 e. The van der Waals surface area contributed by atoms with Crippen LogP contribution in [0.25, 0.3) is 0 Å². The van der Waals surface area contributed by atoms with Crippen molar-refractivity contribution < 1.29 is 9.47 Å². The quantitative estimate of drug-likeness (QED) is 0.908. The van der Waals surface area contributed by atoms with Crippen LogP contribution in [0.3, 0.4) is 0 Å². The van der Waals surface area contributed by atoms with Crippen LogP contribution in [0.4, 0.5) is 5.69 Å². The molecule has 0 saturated carbocycles. The molecule has 1 N–H and O–H groups in total. The van der Waals surface area contributed by atoms with E-state index in [1.54, 1.807) is 7.11 Å². The molecule has 1 aromatic rings. The van der Waals surface area contributed by atoms with E-state index >= 15 is 0 Å². The van der Waals surface area contributed by atoms with E-state index in [1.165, 1.54) is 0 Å². The molecule has 0 aromatic heterocycles. The normalized spacial score (nSPS) is 20.8. The largest absolute Gasteiger partial charge is 0.495 e. The van der Waals surface area contributed by atoms with Crippen molar-refractivity contribution in [3.8, 4) is 5.75 Å². The van der Waals surface area contributed by atoms with Crippen molar-refractivity contribution in [2.75, 3.05) is 25.6 Å². The smallest absolute Gasteiger partial charge is 0.143 e. The van der Waals surface area contributed by atoms with Crippen molar-refractivity contribution in [1.29, 1.82) is 0 Å². The van der Waals surface area contributed by atoms with Crippen molar-refractivity contribution in [1.82, 2.24) is 0 Å². The Balaban J connectivity index is 2.14. The van der Waals surface area contributed by atoms with Gasteiger partial charge in [-0.1, -0.05) is 11.6 Å². The predicted octanol–water partition coefficient (Wildman–Crippen LogP) is 3.49. The van der Waals surface area contributed by atoms with E-state index in [1.807, 2.05) is 19.1 Å². The molecule has 0 spiro atoms. The maximum Gasteiger partial charge on any atom is 0.143 e. The summed E-state index contributed by atoms with van der Waals surface area (Å²) in [4.78, 5) is 0. The van der Waals surface area contributed by atoms with Crippen LogP contribution in [-0.2, 0) is 4.74 Å². The van der Waals surface area contributed by atoms with E-state index in [4.69, 9.17) is 21.1 Å². The monoisotopic (exact) mass is 269 g/mol. The van der Waals surface area contributed by atoms with Crippen molar-refractivity contribution in [2.24, 2.45) is 5.92 Å². The number of nitrogens with one attached hydrogen (secondary N) is 1. The summed E-state index contributed by atoms with van der Waals surface area (Å²) in [6, 6.07) is 4.26. The molecule has 1 aliphatic heterocycles. The highest BCUT2D eigenvalue weighted by Crippen LogP contribution is 2.32. The van der Waals surface area contributed by atoms with Gasteiger partial charge in [0, 0.05) is 29.7 Å². The number of hydrogen-bond donors (Lipinski definition) is 1. The Morgan fingerprint density at radius 2 is 2.28 bits per heavy atom. The van der Waals surface area contributed by atoms with Gasteiger partial charge < -0.3 is 14.8 Å². The van der Waals surface area contributed by atoms with Gasteiger partial charge in [0.25, 0.3) is 0 Å². The molecule has 1 aliphatic rings. The Kier molecular flexibility index (Phi) is 4.36. The number of methoxy groups -OCH3 is 1. The van der Waals surface area contributed by atoms with E-state index in [-0.39, 0.29) is 0 Å². The highest BCUT2D eigenvalue weighted by Gasteiger charge is 2.23. The number of ether oxygens (including phenoxy) is 2. The number of aryl methyl sites for hydroxylation is 1. The van der Waals surface area contributed by atoms with Crippen LogP contribution in [0.15, 0.2) is 12.1 Å². The molecule has 1 heterocycles. The molecule has 0 amide bonds. The van der Waals surface area contributed by atoms with Crippen LogP contribution in [0.1, 0.15) is 18.9 Å². The van der Waals surface area contributed by atoms with Crippen LogP contribution >= 0.6 is 11.6 Å². The van der Waals surface area contributed by atoms with Gasteiger partial charge in [0.1, 0.15) is 5.75 Å². The van der Waals surface area contributed by atoms with Gasteiger partial charge in [0.05, 0.1) is 19.4 Å². The molecular weight excluding hydrogens is 250 g/mol. The number of hydrogen-bond acceptors (Lipinski definition) is 3. The van der Waals surface area contributed by atoms with E-state index in [0.717, 1.165) is 41.7 Å². The molecule has 1 aromatic carbocycles. The molecule has 1 fully saturated rings. The van der Waals surface area contributed by atoms with Gasteiger partial charge in [-0.25, -0.2) is 0 Å². The molecule has 2 unspecified atom stereocenters. The molecule has 3 nitrogen and oxygen atoms in total. The van der Waals surface area contributed by atoms with Gasteiger partial charge in [-0.05, 0) is 31.9 Å². The van der Waals surface area contributed by atoms with Gasteiger partial charge in [0.15, 0.2) is 0 Å². The van der Waals surface area contributed by atoms with E-state index in [0.29, 0.717) is 12.0 Å². The minimum atomic E-state index is 0.363. The zero-order valence-corrected chi connectivity index (χ0v) is 11.9. The predicted molar refractivity (Wildman–Crippen MR) is 74.8 cm³/mol. The van der Waals surface area contributed by atoms with Gasteiger partial charge in [-0.2, -0.15) is 0 Å². The lowest BCUT2D eigenvalue weighted by atomic mass is 10.0.